The van der Waals surface area contributed by atoms with Gasteiger partial charge in [-0.25, -0.2) is 0 Å². The first-order valence-corrected chi connectivity index (χ1v) is 6.12. The van der Waals surface area contributed by atoms with Crippen LogP contribution in [0.2, 0.25) is 0 Å². The van der Waals surface area contributed by atoms with E-state index in [9.17, 15) is 5.11 Å². The van der Waals surface area contributed by atoms with Crippen molar-refractivity contribution < 1.29 is 5.11 Å². The van der Waals surface area contributed by atoms with Gasteiger partial charge < -0.3 is 5.11 Å². The summed E-state index contributed by atoms with van der Waals surface area (Å²) in [7, 11) is 0. The van der Waals surface area contributed by atoms with Gasteiger partial charge in [0.05, 0.1) is 6.10 Å². The summed E-state index contributed by atoms with van der Waals surface area (Å²) in [5.41, 5.74) is 0. The molecule has 0 spiro atoms. The van der Waals surface area contributed by atoms with Crippen LogP contribution in [0.15, 0.2) is 0 Å². The van der Waals surface area contributed by atoms with Crippen molar-refractivity contribution in [3.8, 4) is 0 Å². The van der Waals surface area contributed by atoms with Gasteiger partial charge in [-0.1, -0.05) is 6.92 Å². The second kappa shape index (κ2) is 4.19. The van der Waals surface area contributed by atoms with Crippen molar-refractivity contribution in [3.63, 3.8) is 0 Å². The first-order valence-electron chi connectivity index (χ1n) is 6.12. The zero-order chi connectivity index (χ0) is 10.1. The summed E-state index contributed by atoms with van der Waals surface area (Å²) >= 11 is 0. The SMILES string of the molecule is CC1CCN([C@@H]2CCC[C@H]2O)C(C)C1. The highest BCUT2D eigenvalue weighted by Gasteiger charge is 2.35. The maximum atomic E-state index is 9.88. The molecule has 0 amide bonds. The van der Waals surface area contributed by atoms with Crippen LogP contribution in [0, 0.1) is 5.92 Å². The molecule has 1 N–H and O–H groups in total. The summed E-state index contributed by atoms with van der Waals surface area (Å²) in [6.07, 6.45) is 6.01. The normalized spacial score (nSPS) is 45.6. The molecule has 1 saturated heterocycles. The minimum absolute atomic E-state index is 0.0501. The quantitative estimate of drug-likeness (QED) is 0.695. The lowest BCUT2D eigenvalue weighted by Crippen LogP contribution is -2.49. The highest BCUT2D eigenvalue weighted by molar-refractivity contribution is 4.90. The Morgan fingerprint density at radius 2 is 1.93 bits per heavy atom. The van der Waals surface area contributed by atoms with E-state index in [-0.39, 0.29) is 6.10 Å². The lowest BCUT2D eigenvalue weighted by molar-refractivity contribution is 0.0195. The van der Waals surface area contributed by atoms with Crippen molar-refractivity contribution in [3.05, 3.63) is 0 Å². The minimum atomic E-state index is -0.0501. The predicted molar refractivity (Wildman–Crippen MR) is 58.2 cm³/mol. The predicted octanol–water partition coefficient (Wildman–Crippen LogP) is 2.02. The van der Waals surface area contributed by atoms with E-state index in [0.29, 0.717) is 12.1 Å². The van der Waals surface area contributed by atoms with Gasteiger partial charge in [-0.15, -0.1) is 0 Å². The standard InChI is InChI=1S/C12H23NO/c1-9-6-7-13(10(2)8-9)11-4-3-5-12(11)14/h9-12,14H,3-8H2,1-2H3/t9?,10?,11-,12-/m1/s1. The van der Waals surface area contributed by atoms with E-state index in [1.54, 1.807) is 0 Å². The molecule has 2 aliphatic rings. The van der Waals surface area contributed by atoms with Gasteiger partial charge in [-0.05, 0) is 51.5 Å². The molecule has 1 aliphatic heterocycles. The fourth-order valence-electron chi connectivity index (χ4n) is 3.23. The van der Waals surface area contributed by atoms with Crippen molar-refractivity contribution in [2.24, 2.45) is 5.92 Å². The molecular weight excluding hydrogens is 174 g/mol. The number of hydrogen-bond donors (Lipinski definition) is 1. The van der Waals surface area contributed by atoms with Gasteiger partial charge in [-0.3, -0.25) is 4.90 Å². The molecule has 1 heterocycles. The van der Waals surface area contributed by atoms with Crippen molar-refractivity contribution in [1.29, 1.82) is 0 Å². The molecule has 2 fully saturated rings. The molecule has 0 aromatic heterocycles. The number of aliphatic hydroxyl groups is 1. The number of piperidine rings is 1. The molecule has 2 rings (SSSR count). The summed E-state index contributed by atoms with van der Waals surface area (Å²) in [5, 5.41) is 9.88. The average Bonchev–Trinajstić information content (AvgIpc) is 2.52. The summed E-state index contributed by atoms with van der Waals surface area (Å²) in [6.45, 7) is 5.86. The maximum Gasteiger partial charge on any atom is 0.0695 e. The number of hydrogen-bond acceptors (Lipinski definition) is 2. The monoisotopic (exact) mass is 197 g/mol. The Balaban J connectivity index is 1.96. The van der Waals surface area contributed by atoms with E-state index in [1.165, 1.54) is 32.2 Å². The molecule has 1 aliphatic carbocycles. The minimum Gasteiger partial charge on any atom is -0.391 e. The third-order valence-corrected chi connectivity index (χ3v) is 4.06. The largest absolute Gasteiger partial charge is 0.391 e. The molecule has 14 heavy (non-hydrogen) atoms. The Kier molecular flexibility index (Phi) is 3.13. The third kappa shape index (κ3) is 1.96. The van der Waals surface area contributed by atoms with Crippen molar-refractivity contribution in [2.75, 3.05) is 6.54 Å². The molecule has 2 unspecified atom stereocenters. The van der Waals surface area contributed by atoms with Gasteiger partial charge in [0.25, 0.3) is 0 Å². The molecule has 0 radical (unpaired) electrons. The fourth-order valence-corrected chi connectivity index (χ4v) is 3.23. The molecule has 0 aromatic carbocycles. The van der Waals surface area contributed by atoms with Crippen molar-refractivity contribution in [1.82, 2.24) is 4.90 Å². The number of rotatable bonds is 1. The topological polar surface area (TPSA) is 23.5 Å². The summed E-state index contributed by atoms with van der Waals surface area (Å²) in [6, 6.07) is 1.15. The summed E-state index contributed by atoms with van der Waals surface area (Å²) in [4.78, 5) is 2.55. The molecule has 82 valence electrons. The van der Waals surface area contributed by atoms with Gasteiger partial charge >= 0.3 is 0 Å². The smallest absolute Gasteiger partial charge is 0.0695 e. The van der Waals surface area contributed by atoms with Crippen LogP contribution >= 0.6 is 0 Å². The van der Waals surface area contributed by atoms with E-state index in [1.807, 2.05) is 0 Å². The van der Waals surface area contributed by atoms with Crippen LogP contribution in [-0.4, -0.2) is 34.7 Å². The first-order chi connectivity index (χ1) is 6.68. The zero-order valence-corrected chi connectivity index (χ0v) is 9.45. The summed E-state index contributed by atoms with van der Waals surface area (Å²) < 4.78 is 0. The van der Waals surface area contributed by atoms with Crippen LogP contribution in [-0.2, 0) is 0 Å². The highest BCUT2D eigenvalue weighted by atomic mass is 16.3. The van der Waals surface area contributed by atoms with Crippen molar-refractivity contribution in [2.45, 2.75) is 64.1 Å². The second-order valence-electron chi connectivity index (χ2n) is 5.28. The zero-order valence-electron chi connectivity index (χ0n) is 9.45. The highest BCUT2D eigenvalue weighted by Crippen LogP contribution is 2.31. The average molecular weight is 197 g/mol. The lowest BCUT2D eigenvalue weighted by atomic mass is 9.91. The maximum absolute atomic E-state index is 9.88. The number of likely N-dealkylation sites (tertiary alicyclic amines) is 1. The van der Waals surface area contributed by atoms with Crippen LogP contribution in [0.3, 0.4) is 0 Å². The van der Waals surface area contributed by atoms with Crippen molar-refractivity contribution >= 4 is 0 Å². The van der Waals surface area contributed by atoms with E-state index in [4.69, 9.17) is 0 Å². The Bertz CT molecular complexity index is 195. The van der Waals surface area contributed by atoms with Crippen LogP contribution in [0.4, 0.5) is 0 Å². The summed E-state index contributed by atoms with van der Waals surface area (Å²) in [5.74, 6) is 0.875. The van der Waals surface area contributed by atoms with E-state index < -0.39 is 0 Å². The Morgan fingerprint density at radius 3 is 2.50 bits per heavy atom. The van der Waals surface area contributed by atoms with Gasteiger partial charge in [0.15, 0.2) is 0 Å². The van der Waals surface area contributed by atoms with Gasteiger partial charge in [0.1, 0.15) is 0 Å². The molecule has 2 heteroatoms. The molecule has 1 saturated carbocycles. The van der Waals surface area contributed by atoms with E-state index in [2.05, 4.69) is 18.7 Å². The first kappa shape index (κ1) is 10.4. The van der Waals surface area contributed by atoms with E-state index in [0.717, 1.165) is 12.3 Å². The number of aliphatic hydroxyl groups excluding tert-OH is 1. The van der Waals surface area contributed by atoms with Crippen LogP contribution in [0.25, 0.3) is 0 Å². The van der Waals surface area contributed by atoms with Crippen LogP contribution in [0.5, 0.6) is 0 Å². The van der Waals surface area contributed by atoms with Gasteiger partial charge in [0, 0.05) is 12.1 Å². The Hall–Kier alpha value is -0.0800. The molecule has 2 nitrogen and oxygen atoms in total. The number of nitrogens with zero attached hydrogens (tertiary/aromatic N) is 1. The Labute approximate surface area is 87.3 Å². The van der Waals surface area contributed by atoms with Gasteiger partial charge in [-0.2, -0.15) is 0 Å². The van der Waals surface area contributed by atoms with Crippen LogP contribution < -0.4 is 0 Å². The third-order valence-electron chi connectivity index (χ3n) is 4.06. The molecular formula is C12H23NO. The van der Waals surface area contributed by atoms with E-state index >= 15 is 0 Å². The second-order valence-corrected chi connectivity index (χ2v) is 5.28. The van der Waals surface area contributed by atoms with Gasteiger partial charge in [0.2, 0.25) is 0 Å². The Morgan fingerprint density at radius 1 is 1.14 bits per heavy atom. The van der Waals surface area contributed by atoms with Crippen LogP contribution in [0.1, 0.15) is 46.0 Å². The fraction of sp³-hybridized carbons (Fsp3) is 1.00. The molecule has 0 aromatic rings. The molecule has 4 atom stereocenters. The lowest BCUT2D eigenvalue weighted by Gasteiger charge is -2.41. The molecule has 0 bridgehead atoms.